The molecule has 0 fully saturated rings. The smallest absolute Gasteiger partial charge is 0.0799 e. The first-order chi connectivity index (χ1) is 21.3. The predicted molar refractivity (Wildman–Crippen MR) is 188 cm³/mol. The number of hydrogen-bond acceptors (Lipinski definition) is 2. The summed E-state index contributed by atoms with van der Waals surface area (Å²) in [5, 5.41) is 1.44. The Hall–Kier alpha value is -3.95. The summed E-state index contributed by atoms with van der Waals surface area (Å²) in [6.07, 6.45) is 4.92. The molecule has 6 aromatic rings. The summed E-state index contributed by atoms with van der Waals surface area (Å²) < 4.78 is 0. The summed E-state index contributed by atoms with van der Waals surface area (Å²) in [5.74, 6) is 0.357. The quantitative estimate of drug-likeness (QED) is 0.119. The molecule has 2 aromatic heterocycles. The number of hydrogen-bond donors (Lipinski definition) is 0. The summed E-state index contributed by atoms with van der Waals surface area (Å²) in [4.78, 5) is 9.21. The maximum absolute atomic E-state index is 4.79. The molecule has 45 heavy (non-hydrogen) atoms. The van der Waals surface area contributed by atoms with E-state index in [0.717, 1.165) is 28.9 Å². The minimum absolute atomic E-state index is 0. The third kappa shape index (κ3) is 9.28. The first-order valence-corrected chi connectivity index (χ1v) is 18.8. The topological polar surface area (TPSA) is 25.8 Å². The van der Waals surface area contributed by atoms with Gasteiger partial charge >= 0.3 is 0 Å². The number of aromatic nitrogens is 2. The molecule has 4 aromatic carbocycles. The minimum Gasteiger partial charge on any atom is -0.305 e. The summed E-state index contributed by atoms with van der Waals surface area (Å²) in [5.41, 5.74) is 10.7. The van der Waals surface area contributed by atoms with E-state index in [1.165, 1.54) is 33.0 Å². The largest absolute Gasteiger partial charge is 0.305 e. The fourth-order valence-corrected chi connectivity index (χ4v) is 6.91. The van der Waals surface area contributed by atoms with E-state index < -0.39 is 8.07 Å². The molecule has 0 aliphatic carbocycles. The summed E-state index contributed by atoms with van der Waals surface area (Å²) >= 11 is 0. The Balaban J connectivity index is 0.000000207. The zero-order valence-corrected chi connectivity index (χ0v) is 30.1. The van der Waals surface area contributed by atoms with Crippen molar-refractivity contribution >= 4 is 13.3 Å². The van der Waals surface area contributed by atoms with Gasteiger partial charge in [0.1, 0.15) is 0 Å². The van der Waals surface area contributed by atoms with Crippen LogP contribution in [0.1, 0.15) is 40.7 Å². The van der Waals surface area contributed by atoms with Gasteiger partial charge in [-0.1, -0.05) is 106 Å². The molecule has 6 rings (SSSR count). The molecular formula is C41H40IrN2Si-2. The van der Waals surface area contributed by atoms with Crippen LogP contribution in [0.5, 0.6) is 0 Å². The third-order valence-electron chi connectivity index (χ3n) is 7.81. The van der Waals surface area contributed by atoms with Gasteiger partial charge in [-0.05, 0) is 51.3 Å². The Morgan fingerprint density at radius 1 is 0.689 bits per heavy atom. The standard InChI is InChI=1S/C23H26NSi.C18H14N.Ir/c1-17-11-13-20(14-12-17)22-15-21(23(16-24-22)25(3,4)5)18(2)19-9-7-6-8-10-19;1-3-7-15(8-4-1)13-16-11-12-19-18(14-16)17-9-5-2-6-10-17;/h6-13,15-16,18H,1-5H3;1-9,11-12,14H,13H2;/q2*-1;. The van der Waals surface area contributed by atoms with E-state index in [4.69, 9.17) is 4.98 Å². The van der Waals surface area contributed by atoms with Gasteiger partial charge in [-0.2, -0.15) is 0 Å². The van der Waals surface area contributed by atoms with Gasteiger partial charge in [-0.3, -0.25) is 0 Å². The van der Waals surface area contributed by atoms with E-state index in [9.17, 15) is 0 Å². The Morgan fingerprint density at radius 3 is 2.00 bits per heavy atom. The molecular weight excluding hydrogens is 741 g/mol. The van der Waals surface area contributed by atoms with Crippen LogP contribution in [-0.2, 0) is 26.5 Å². The molecule has 0 saturated heterocycles. The van der Waals surface area contributed by atoms with E-state index in [2.05, 4.69) is 142 Å². The first-order valence-electron chi connectivity index (χ1n) is 15.3. The predicted octanol–water partition coefficient (Wildman–Crippen LogP) is 9.69. The molecule has 229 valence electrons. The van der Waals surface area contributed by atoms with Crippen LogP contribution in [0.25, 0.3) is 22.5 Å². The molecule has 0 aliphatic rings. The Bertz CT molecular complexity index is 1760. The molecule has 1 unspecified atom stereocenters. The second-order valence-electron chi connectivity index (χ2n) is 12.3. The Kier molecular flexibility index (Phi) is 12.0. The van der Waals surface area contributed by atoms with Gasteiger partial charge < -0.3 is 9.97 Å². The first kappa shape index (κ1) is 33.9. The zero-order valence-electron chi connectivity index (χ0n) is 26.7. The summed E-state index contributed by atoms with van der Waals surface area (Å²) in [6, 6.07) is 48.5. The van der Waals surface area contributed by atoms with Crippen molar-refractivity contribution in [2.24, 2.45) is 0 Å². The average Bonchev–Trinajstić information content (AvgIpc) is 3.06. The van der Waals surface area contributed by atoms with Crippen molar-refractivity contribution in [3.05, 3.63) is 174 Å². The number of aryl methyl sites for hydroxylation is 1. The van der Waals surface area contributed by atoms with Gasteiger partial charge in [0.05, 0.1) is 8.07 Å². The van der Waals surface area contributed by atoms with Gasteiger partial charge in [0.25, 0.3) is 0 Å². The second kappa shape index (κ2) is 15.9. The van der Waals surface area contributed by atoms with Crippen molar-refractivity contribution in [3.63, 3.8) is 0 Å². The average molecular weight is 781 g/mol. The van der Waals surface area contributed by atoms with E-state index in [1.54, 1.807) is 0 Å². The van der Waals surface area contributed by atoms with Crippen molar-refractivity contribution in [1.29, 1.82) is 0 Å². The molecule has 2 nitrogen and oxygen atoms in total. The molecule has 1 atom stereocenters. The van der Waals surface area contributed by atoms with Crippen LogP contribution in [0.2, 0.25) is 19.6 Å². The van der Waals surface area contributed by atoms with Gasteiger partial charge in [0, 0.05) is 38.4 Å². The van der Waals surface area contributed by atoms with Crippen LogP contribution in [0.3, 0.4) is 0 Å². The molecule has 0 aliphatic heterocycles. The fraction of sp³-hybridized carbons (Fsp3) is 0.171. The minimum atomic E-state index is -1.48. The van der Waals surface area contributed by atoms with Gasteiger partial charge in [-0.25, -0.2) is 0 Å². The van der Waals surface area contributed by atoms with E-state index in [-0.39, 0.29) is 20.1 Å². The van der Waals surface area contributed by atoms with E-state index in [0.29, 0.717) is 5.92 Å². The Morgan fingerprint density at radius 2 is 1.36 bits per heavy atom. The molecule has 0 spiro atoms. The number of rotatable bonds is 7. The monoisotopic (exact) mass is 781 g/mol. The van der Waals surface area contributed by atoms with Gasteiger partial charge in [-0.15, -0.1) is 71.3 Å². The second-order valence-corrected chi connectivity index (χ2v) is 17.3. The van der Waals surface area contributed by atoms with Crippen LogP contribution in [-0.4, -0.2) is 18.0 Å². The molecule has 0 saturated carbocycles. The maximum atomic E-state index is 4.79. The van der Waals surface area contributed by atoms with Crippen LogP contribution in [0, 0.1) is 19.1 Å². The molecule has 0 N–H and O–H groups in total. The molecule has 1 radical (unpaired) electrons. The zero-order chi connectivity index (χ0) is 30.9. The SMILES string of the molecule is Cc1c[c-]c(-c2cc(C(C)c3ccccc3)c([Si](C)(C)C)cn2)cc1.[Ir].[c-]1ccccc1-c1cc(Cc2ccccc2)ccn1. The van der Waals surface area contributed by atoms with Crippen molar-refractivity contribution < 1.29 is 20.1 Å². The van der Waals surface area contributed by atoms with Gasteiger partial charge in [0.2, 0.25) is 0 Å². The van der Waals surface area contributed by atoms with Crippen molar-refractivity contribution in [1.82, 2.24) is 9.97 Å². The van der Waals surface area contributed by atoms with Crippen LogP contribution < -0.4 is 5.19 Å². The Labute approximate surface area is 284 Å². The molecule has 2 heterocycles. The van der Waals surface area contributed by atoms with Crippen molar-refractivity contribution in [2.75, 3.05) is 0 Å². The molecule has 0 amide bonds. The van der Waals surface area contributed by atoms with Gasteiger partial charge in [0.15, 0.2) is 0 Å². The van der Waals surface area contributed by atoms with Crippen molar-refractivity contribution in [3.8, 4) is 22.5 Å². The van der Waals surface area contributed by atoms with E-state index in [1.807, 2.05) is 42.6 Å². The molecule has 4 heteroatoms. The number of nitrogens with zero attached hydrogens (tertiary/aromatic N) is 2. The van der Waals surface area contributed by atoms with Crippen LogP contribution >= 0.6 is 0 Å². The molecule has 0 bridgehead atoms. The number of pyridine rings is 2. The maximum Gasteiger partial charge on any atom is 0.0799 e. The van der Waals surface area contributed by atoms with Crippen molar-refractivity contribution in [2.45, 2.75) is 45.8 Å². The third-order valence-corrected chi connectivity index (χ3v) is 9.85. The summed E-state index contributed by atoms with van der Waals surface area (Å²) in [6.45, 7) is 11.6. The van der Waals surface area contributed by atoms with Crippen LogP contribution in [0.15, 0.2) is 134 Å². The number of benzene rings is 4. The fourth-order valence-electron chi connectivity index (χ4n) is 5.30. The van der Waals surface area contributed by atoms with Crippen LogP contribution in [0.4, 0.5) is 0 Å². The summed E-state index contributed by atoms with van der Waals surface area (Å²) in [7, 11) is -1.48. The van der Waals surface area contributed by atoms with E-state index >= 15 is 0 Å². The normalized spacial score (nSPS) is 11.5.